The zero-order chi connectivity index (χ0) is 13.0. The van der Waals surface area contributed by atoms with E-state index < -0.39 is 0 Å². The predicted octanol–water partition coefficient (Wildman–Crippen LogP) is 2.29. The molecule has 2 unspecified atom stereocenters. The lowest BCUT2D eigenvalue weighted by atomic mass is 9.73. The van der Waals surface area contributed by atoms with Crippen molar-refractivity contribution in [3.63, 3.8) is 0 Å². The van der Waals surface area contributed by atoms with E-state index >= 15 is 0 Å². The molecular weight excluding hydrogens is 226 g/mol. The third-order valence-corrected chi connectivity index (χ3v) is 3.81. The van der Waals surface area contributed by atoms with E-state index in [4.69, 9.17) is 10.5 Å². The van der Waals surface area contributed by atoms with Crippen LogP contribution in [0.5, 0.6) is 0 Å². The van der Waals surface area contributed by atoms with Gasteiger partial charge in [-0.05, 0) is 31.2 Å². The maximum absolute atomic E-state index is 11.6. The molecule has 1 aromatic rings. The number of hydrogen-bond acceptors (Lipinski definition) is 3. The molecule has 98 valence electrons. The van der Waals surface area contributed by atoms with E-state index in [9.17, 15) is 4.79 Å². The molecule has 0 amide bonds. The fourth-order valence-corrected chi connectivity index (χ4v) is 2.93. The second kappa shape index (κ2) is 5.53. The van der Waals surface area contributed by atoms with Gasteiger partial charge in [0.15, 0.2) is 0 Å². The number of carbonyl (C=O) groups is 1. The lowest BCUT2D eigenvalue weighted by molar-refractivity contribution is -0.147. The van der Waals surface area contributed by atoms with Crippen LogP contribution in [0, 0.1) is 5.92 Å². The number of rotatable bonds is 3. The Bertz CT molecular complexity index is 404. The topological polar surface area (TPSA) is 52.3 Å². The Morgan fingerprint density at radius 3 is 2.83 bits per heavy atom. The smallest absolute Gasteiger partial charge is 0.308 e. The van der Waals surface area contributed by atoms with Crippen LogP contribution in [0.4, 0.5) is 0 Å². The second-order valence-corrected chi connectivity index (χ2v) is 5.34. The Hall–Kier alpha value is -1.35. The van der Waals surface area contributed by atoms with Crippen LogP contribution in [-0.2, 0) is 16.0 Å². The maximum Gasteiger partial charge on any atom is 0.308 e. The minimum atomic E-state index is -0.265. The summed E-state index contributed by atoms with van der Waals surface area (Å²) in [7, 11) is 1.45. The van der Waals surface area contributed by atoms with E-state index in [0.717, 1.165) is 32.1 Å². The van der Waals surface area contributed by atoms with Crippen LogP contribution in [0.15, 0.2) is 30.3 Å². The first kappa shape index (κ1) is 13.1. The molecule has 0 bridgehead atoms. The Balaban J connectivity index is 2.04. The fraction of sp³-hybridized carbons (Fsp3) is 0.533. The van der Waals surface area contributed by atoms with E-state index in [1.165, 1.54) is 12.7 Å². The molecule has 0 spiro atoms. The van der Waals surface area contributed by atoms with Crippen molar-refractivity contribution in [2.45, 2.75) is 37.6 Å². The Morgan fingerprint density at radius 1 is 1.44 bits per heavy atom. The summed E-state index contributed by atoms with van der Waals surface area (Å²) in [4.78, 5) is 11.6. The van der Waals surface area contributed by atoms with Crippen LogP contribution >= 0.6 is 0 Å². The summed E-state index contributed by atoms with van der Waals surface area (Å²) in [5, 5.41) is 0. The van der Waals surface area contributed by atoms with Crippen LogP contribution < -0.4 is 5.73 Å². The van der Waals surface area contributed by atoms with Crippen LogP contribution in [0.1, 0.15) is 31.2 Å². The van der Waals surface area contributed by atoms with Crippen LogP contribution in [-0.4, -0.2) is 18.6 Å². The summed E-state index contributed by atoms with van der Waals surface area (Å²) >= 11 is 0. The molecule has 1 aliphatic carbocycles. The molecule has 2 rings (SSSR count). The molecule has 0 aromatic heterocycles. The third-order valence-electron chi connectivity index (χ3n) is 3.81. The van der Waals surface area contributed by atoms with Gasteiger partial charge in [-0.2, -0.15) is 0 Å². The summed E-state index contributed by atoms with van der Waals surface area (Å²) in [6, 6.07) is 10.2. The highest BCUT2D eigenvalue weighted by atomic mass is 16.5. The largest absolute Gasteiger partial charge is 0.469 e. The number of hydrogen-bond donors (Lipinski definition) is 1. The van der Waals surface area contributed by atoms with Gasteiger partial charge in [-0.25, -0.2) is 0 Å². The van der Waals surface area contributed by atoms with Crippen molar-refractivity contribution < 1.29 is 9.53 Å². The van der Waals surface area contributed by atoms with Gasteiger partial charge in [0.2, 0.25) is 0 Å². The first-order chi connectivity index (χ1) is 8.63. The zero-order valence-corrected chi connectivity index (χ0v) is 10.9. The molecule has 1 aliphatic rings. The van der Waals surface area contributed by atoms with Gasteiger partial charge in [-0.15, -0.1) is 0 Å². The third kappa shape index (κ3) is 3.10. The van der Waals surface area contributed by atoms with Crippen molar-refractivity contribution in [2.24, 2.45) is 11.7 Å². The van der Waals surface area contributed by atoms with Crippen molar-refractivity contribution in [1.82, 2.24) is 0 Å². The van der Waals surface area contributed by atoms with Crippen molar-refractivity contribution in [1.29, 1.82) is 0 Å². The van der Waals surface area contributed by atoms with E-state index in [2.05, 4.69) is 12.1 Å². The first-order valence-corrected chi connectivity index (χ1v) is 6.54. The van der Waals surface area contributed by atoms with E-state index in [1.807, 2.05) is 18.2 Å². The monoisotopic (exact) mass is 247 g/mol. The quantitative estimate of drug-likeness (QED) is 0.834. The number of ether oxygens (including phenoxy) is 1. The SMILES string of the molecule is COC(=O)C1CCCC(N)(Cc2ccccc2)C1. The normalized spacial score (nSPS) is 27.8. The highest BCUT2D eigenvalue weighted by molar-refractivity contribution is 5.72. The van der Waals surface area contributed by atoms with Crippen LogP contribution in [0.2, 0.25) is 0 Å². The molecule has 0 saturated heterocycles. The number of benzene rings is 1. The zero-order valence-electron chi connectivity index (χ0n) is 10.9. The van der Waals surface area contributed by atoms with E-state index in [-0.39, 0.29) is 17.4 Å². The van der Waals surface area contributed by atoms with E-state index in [0.29, 0.717) is 0 Å². The van der Waals surface area contributed by atoms with E-state index in [1.54, 1.807) is 0 Å². The lowest BCUT2D eigenvalue weighted by Gasteiger charge is -2.37. The molecule has 1 saturated carbocycles. The lowest BCUT2D eigenvalue weighted by Crippen LogP contribution is -2.47. The van der Waals surface area contributed by atoms with Gasteiger partial charge in [0.1, 0.15) is 0 Å². The second-order valence-electron chi connectivity index (χ2n) is 5.34. The molecule has 1 fully saturated rings. The number of esters is 1. The maximum atomic E-state index is 11.6. The van der Waals surface area contributed by atoms with Crippen LogP contribution in [0.25, 0.3) is 0 Å². The molecule has 1 aromatic carbocycles. The average molecular weight is 247 g/mol. The molecule has 3 nitrogen and oxygen atoms in total. The molecule has 2 atom stereocenters. The van der Waals surface area contributed by atoms with Crippen molar-refractivity contribution >= 4 is 5.97 Å². The minimum absolute atomic E-state index is 0.0301. The Morgan fingerprint density at radius 2 is 2.17 bits per heavy atom. The van der Waals surface area contributed by atoms with Gasteiger partial charge in [0, 0.05) is 5.54 Å². The van der Waals surface area contributed by atoms with Crippen LogP contribution in [0.3, 0.4) is 0 Å². The molecule has 3 heteroatoms. The van der Waals surface area contributed by atoms with Crippen molar-refractivity contribution in [3.05, 3.63) is 35.9 Å². The Kier molecular flexibility index (Phi) is 4.02. The number of methoxy groups -OCH3 is 1. The summed E-state index contributed by atoms with van der Waals surface area (Å²) in [6.07, 6.45) is 4.45. The van der Waals surface area contributed by atoms with Gasteiger partial charge in [-0.1, -0.05) is 36.8 Å². The summed E-state index contributed by atoms with van der Waals surface area (Å²) < 4.78 is 4.84. The van der Waals surface area contributed by atoms with Crippen molar-refractivity contribution in [2.75, 3.05) is 7.11 Å². The highest BCUT2D eigenvalue weighted by Gasteiger charge is 2.36. The van der Waals surface area contributed by atoms with Gasteiger partial charge in [-0.3, -0.25) is 4.79 Å². The summed E-state index contributed by atoms with van der Waals surface area (Å²) in [5.41, 5.74) is 7.44. The summed E-state index contributed by atoms with van der Waals surface area (Å²) in [6.45, 7) is 0. The molecule has 0 heterocycles. The van der Waals surface area contributed by atoms with Gasteiger partial charge in [0.25, 0.3) is 0 Å². The number of carbonyl (C=O) groups excluding carboxylic acids is 1. The minimum Gasteiger partial charge on any atom is -0.469 e. The predicted molar refractivity (Wildman–Crippen MR) is 71.0 cm³/mol. The van der Waals surface area contributed by atoms with Gasteiger partial charge < -0.3 is 10.5 Å². The molecular formula is C15H21NO2. The Labute approximate surface area is 108 Å². The molecule has 18 heavy (non-hydrogen) atoms. The molecule has 2 N–H and O–H groups in total. The fourth-order valence-electron chi connectivity index (χ4n) is 2.93. The van der Waals surface area contributed by atoms with Crippen molar-refractivity contribution in [3.8, 4) is 0 Å². The average Bonchev–Trinajstić information content (AvgIpc) is 2.38. The molecule has 0 radical (unpaired) electrons. The molecule has 0 aliphatic heterocycles. The standard InChI is InChI=1S/C15H21NO2/c1-18-14(17)13-8-5-9-15(16,11-13)10-12-6-3-2-4-7-12/h2-4,6-7,13H,5,8-11,16H2,1H3. The summed E-state index contributed by atoms with van der Waals surface area (Å²) in [5.74, 6) is -0.143. The number of nitrogens with two attached hydrogens (primary N) is 1. The van der Waals surface area contributed by atoms with Gasteiger partial charge >= 0.3 is 5.97 Å². The van der Waals surface area contributed by atoms with Gasteiger partial charge in [0.05, 0.1) is 13.0 Å². The first-order valence-electron chi connectivity index (χ1n) is 6.54. The highest BCUT2D eigenvalue weighted by Crippen LogP contribution is 2.33.